The van der Waals surface area contributed by atoms with Crippen LogP contribution in [0.2, 0.25) is 0 Å². The van der Waals surface area contributed by atoms with Gasteiger partial charge in [0.1, 0.15) is 0 Å². The van der Waals surface area contributed by atoms with E-state index in [0.717, 1.165) is 25.3 Å². The standard InChI is InChI=1S/C12H17N3O2/c1-9-8-14(2)5-6-15(9)11-7-13-4-3-10(11)12(16)17/h3-4,7,9H,5-6,8H2,1-2H3,(H,16,17). The second-order valence-electron chi connectivity index (χ2n) is 4.50. The number of hydrogen-bond acceptors (Lipinski definition) is 4. The monoisotopic (exact) mass is 235 g/mol. The Morgan fingerprint density at radius 1 is 1.53 bits per heavy atom. The molecule has 2 rings (SSSR count). The van der Waals surface area contributed by atoms with Crippen LogP contribution < -0.4 is 4.90 Å². The van der Waals surface area contributed by atoms with Gasteiger partial charge in [-0.15, -0.1) is 0 Å². The summed E-state index contributed by atoms with van der Waals surface area (Å²) in [6, 6.07) is 1.86. The molecule has 0 aromatic carbocycles. The largest absolute Gasteiger partial charge is 0.478 e. The quantitative estimate of drug-likeness (QED) is 0.826. The highest BCUT2D eigenvalue weighted by atomic mass is 16.4. The highest BCUT2D eigenvalue weighted by Crippen LogP contribution is 2.23. The lowest BCUT2D eigenvalue weighted by Gasteiger charge is -2.40. The Kier molecular flexibility index (Phi) is 3.28. The number of aromatic carboxylic acids is 1. The van der Waals surface area contributed by atoms with Gasteiger partial charge in [0.25, 0.3) is 0 Å². The van der Waals surface area contributed by atoms with Crippen LogP contribution in [0.15, 0.2) is 18.5 Å². The van der Waals surface area contributed by atoms with E-state index in [1.807, 2.05) is 0 Å². The van der Waals surface area contributed by atoms with E-state index in [-0.39, 0.29) is 0 Å². The van der Waals surface area contributed by atoms with Crippen molar-refractivity contribution in [2.45, 2.75) is 13.0 Å². The Morgan fingerprint density at radius 3 is 2.94 bits per heavy atom. The zero-order valence-corrected chi connectivity index (χ0v) is 10.1. The Labute approximate surface area is 101 Å². The minimum absolute atomic E-state index is 0.302. The molecule has 1 aliphatic rings. The minimum Gasteiger partial charge on any atom is -0.478 e. The van der Waals surface area contributed by atoms with E-state index in [1.165, 1.54) is 6.20 Å². The van der Waals surface area contributed by atoms with Gasteiger partial charge in [-0.1, -0.05) is 0 Å². The summed E-state index contributed by atoms with van der Waals surface area (Å²) in [7, 11) is 2.08. The van der Waals surface area contributed by atoms with E-state index in [0.29, 0.717) is 11.6 Å². The van der Waals surface area contributed by atoms with Crippen LogP contribution in [-0.2, 0) is 0 Å². The second-order valence-corrected chi connectivity index (χ2v) is 4.50. The first-order valence-corrected chi connectivity index (χ1v) is 5.72. The molecule has 1 saturated heterocycles. The molecule has 92 valence electrons. The molecule has 1 N–H and O–H groups in total. The Balaban J connectivity index is 2.30. The van der Waals surface area contributed by atoms with Gasteiger partial charge in [-0.05, 0) is 20.0 Å². The maximum absolute atomic E-state index is 11.2. The number of carboxylic acids is 1. The number of hydrogen-bond donors (Lipinski definition) is 1. The van der Waals surface area contributed by atoms with E-state index in [9.17, 15) is 4.79 Å². The summed E-state index contributed by atoms with van der Waals surface area (Å²) in [5, 5.41) is 9.17. The lowest BCUT2D eigenvalue weighted by molar-refractivity contribution is 0.0697. The summed E-state index contributed by atoms with van der Waals surface area (Å²) < 4.78 is 0. The third-order valence-electron chi connectivity index (χ3n) is 3.17. The molecule has 2 heterocycles. The average Bonchev–Trinajstić information content (AvgIpc) is 2.29. The molecular formula is C12H17N3O2. The van der Waals surface area contributed by atoms with Crippen LogP contribution in [0, 0.1) is 0 Å². The predicted molar refractivity (Wildman–Crippen MR) is 65.5 cm³/mol. The van der Waals surface area contributed by atoms with Crippen LogP contribution in [0.3, 0.4) is 0 Å². The summed E-state index contributed by atoms with van der Waals surface area (Å²) >= 11 is 0. The van der Waals surface area contributed by atoms with Crippen molar-refractivity contribution in [2.24, 2.45) is 0 Å². The van der Waals surface area contributed by atoms with Crippen LogP contribution in [-0.4, -0.2) is 53.7 Å². The molecule has 0 bridgehead atoms. The Morgan fingerprint density at radius 2 is 2.29 bits per heavy atom. The van der Waals surface area contributed by atoms with Crippen LogP contribution in [0.25, 0.3) is 0 Å². The number of aromatic nitrogens is 1. The molecule has 0 spiro atoms. The highest BCUT2D eigenvalue weighted by molar-refractivity contribution is 5.94. The molecule has 5 heteroatoms. The van der Waals surface area contributed by atoms with E-state index in [4.69, 9.17) is 5.11 Å². The number of piperazine rings is 1. The molecule has 1 aromatic heterocycles. The van der Waals surface area contributed by atoms with Crippen molar-refractivity contribution in [3.8, 4) is 0 Å². The molecule has 0 radical (unpaired) electrons. The van der Waals surface area contributed by atoms with Crippen LogP contribution >= 0.6 is 0 Å². The number of pyridine rings is 1. The van der Waals surface area contributed by atoms with E-state index in [2.05, 4.69) is 28.8 Å². The molecular weight excluding hydrogens is 218 g/mol. The molecule has 1 aromatic rings. The third kappa shape index (κ3) is 2.39. The van der Waals surface area contributed by atoms with Gasteiger partial charge < -0.3 is 14.9 Å². The van der Waals surface area contributed by atoms with Gasteiger partial charge in [0.05, 0.1) is 17.4 Å². The van der Waals surface area contributed by atoms with Gasteiger partial charge >= 0.3 is 5.97 Å². The zero-order chi connectivity index (χ0) is 12.4. The van der Waals surface area contributed by atoms with Gasteiger partial charge in [-0.2, -0.15) is 0 Å². The lowest BCUT2D eigenvalue weighted by atomic mass is 10.1. The van der Waals surface area contributed by atoms with Gasteiger partial charge in [0.15, 0.2) is 0 Å². The van der Waals surface area contributed by atoms with Crippen LogP contribution in [0.5, 0.6) is 0 Å². The Hall–Kier alpha value is -1.62. The summed E-state index contributed by atoms with van der Waals surface area (Å²) in [5.41, 5.74) is 1.05. The SMILES string of the molecule is CC1CN(C)CCN1c1cnccc1C(=O)O. The highest BCUT2D eigenvalue weighted by Gasteiger charge is 2.25. The minimum atomic E-state index is -0.895. The van der Waals surface area contributed by atoms with E-state index >= 15 is 0 Å². The fourth-order valence-electron chi connectivity index (χ4n) is 2.29. The summed E-state index contributed by atoms with van der Waals surface area (Å²) in [5.74, 6) is -0.895. The number of rotatable bonds is 2. The first kappa shape index (κ1) is 11.9. The maximum Gasteiger partial charge on any atom is 0.337 e. The summed E-state index contributed by atoms with van der Waals surface area (Å²) in [4.78, 5) is 19.6. The topological polar surface area (TPSA) is 56.7 Å². The van der Waals surface area contributed by atoms with Crippen molar-refractivity contribution in [1.29, 1.82) is 0 Å². The molecule has 0 amide bonds. The fourth-order valence-corrected chi connectivity index (χ4v) is 2.29. The first-order chi connectivity index (χ1) is 8.09. The van der Waals surface area contributed by atoms with E-state index < -0.39 is 5.97 Å². The summed E-state index contributed by atoms with van der Waals surface area (Å²) in [6.07, 6.45) is 3.17. The number of likely N-dealkylation sites (N-methyl/N-ethyl adjacent to an activating group) is 1. The van der Waals surface area contributed by atoms with Crippen molar-refractivity contribution in [1.82, 2.24) is 9.88 Å². The second kappa shape index (κ2) is 4.71. The zero-order valence-electron chi connectivity index (χ0n) is 10.1. The molecule has 1 atom stereocenters. The van der Waals surface area contributed by atoms with E-state index in [1.54, 1.807) is 12.3 Å². The molecule has 0 saturated carbocycles. The van der Waals surface area contributed by atoms with Crippen molar-refractivity contribution >= 4 is 11.7 Å². The van der Waals surface area contributed by atoms with Crippen LogP contribution in [0.4, 0.5) is 5.69 Å². The molecule has 1 unspecified atom stereocenters. The summed E-state index contributed by atoms with van der Waals surface area (Å²) in [6.45, 7) is 4.82. The number of anilines is 1. The first-order valence-electron chi connectivity index (χ1n) is 5.72. The molecule has 1 aliphatic heterocycles. The average molecular weight is 235 g/mol. The van der Waals surface area contributed by atoms with Gasteiger partial charge in [-0.3, -0.25) is 4.98 Å². The number of carboxylic acid groups (broad SMARTS) is 1. The van der Waals surface area contributed by atoms with Crippen LogP contribution in [0.1, 0.15) is 17.3 Å². The van der Waals surface area contributed by atoms with Crippen molar-refractivity contribution in [3.05, 3.63) is 24.0 Å². The predicted octanol–water partition coefficient (Wildman–Crippen LogP) is 0.920. The fraction of sp³-hybridized carbons (Fsp3) is 0.500. The third-order valence-corrected chi connectivity index (χ3v) is 3.17. The lowest BCUT2D eigenvalue weighted by Crippen LogP contribution is -2.51. The molecule has 1 fully saturated rings. The molecule has 0 aliphatic carbocycles. The normalized spacial score (nSPS) is 21.5. The van der Waals surface area contributed by atoms with Gasteiger partial charge in [0.2, 0.25) is 0 Å². The Bertz CT molecular complexity index is 422. The number of carbonyl (C=O) groups is 1. The van der Waals surface area contributed by atoms with Gasteiger partial charge in [-0.25, -0.2) is 4.79 Å². The molecule has 5 nitrogen and oxygen atoms in total. The van der Waals surface area contributed by atoms with Gasteiger partial charge in [0, 0.05) is 31.9 Å². The van der Waals surface area contributed by atoms with Crippen molar-refractivity contribution in [3.63, 3.8) is 0 Å². The smallest absolute Gasteiger partial charge is 0.337 e. The number of nitrogens with zero attached hydrogens (tertiary/aromatic N) is 3. The van der Waals surface area contributed by atoms with Crippen molar-refractivity contribution < 1.29 is 9.90 Å². The molecule has 17 heavy (non-hydrogen) atoms. The maximum atomic E-state index is 11.2. The van der Waals surface area contributed by atoms with Crippen molar-refractivity contribution in [2.75, 3.05) is 31.6 Å².